The van der Waals surface area contributed by atoms with Gasteiger partial charge in [-0.3, -0.25) is 4.79 Å². The first-order valence-corrected chi connectivity index (χ1v) is 20.1. The lowest BCUT2D eigenvalue weighted by Crippen LogP contribution is -2.42. The normalized spacial score (nSPS) is 23.5. The van der Waals surface area contributed by atoms with E-state index in [1.807, 2.05) is 41.5 Å². The quantitative estimate of drug-likeness (QED) is 0.0933. The lowest BCUT2D eigenvalue weighted by molar-refractivity contribution is -0.159. The second-order valence-corrected chi connectivity index (χ2v) is 18.3. The van der Waals surface area contributed by atoms with Crippen molar-refractivity contribution < 1.29 is 36.4 Å². The monoisotopic (exact) mass is 803 g/mol. The first-order chi connectivity index (χ1) is 23.6. The average molecular weight is 805 g/mol. The average Bonchev–Trinajstić information content (AvgIpc) is 3.07. The van der Waals surface area contributed by atoms with Crippen LogP contribution in [0.25, 0.3) is 0 Å². The minimum absolute atomic E-state index is 0. The number of ether oxygens (including phenoxy) is 1. The molecule has 2 aromatic rings. The van der Waals surface area contributed by atoms with Crippen molar-refractivity contribution >= 4 is 62.3 Å². The molecule has 3 aliphatic rings. The third-order valence-electron chi connectivity index (χ3n) is 9.99. The molecule has 3 N–H and O–H groups in total. The van der Waals surface area contributed by atoms with E-state index in [0.717, 1.165) is 12.8 Å². The first kappa shape index (κ1) is 43.6. The van der Waals surface area contributed by atoms with Crippen LogP contribution in [0.1, 0.15) is 83.1 Å². The second-order valence-electron chi connectivity index (χ2n) is 14.5. The van der Waals surface area contributed by atoms with Crippen molar-refractivity contribution in [1.29, 1.82) is 0 Å². The van der Waals surface area contributed by atoms with Gasteiger partial charge in [0.2, 0.25) is 20.0 Å². The van der Waals surface area contributed by atoms with Crippen LogP contribution < -0.4 is 5.73 Å². The van der Waals surface area contributed by atoms with Gasteiger partial charge in [0.25, 0.3) is 6.79 Å². The van der Waals surface area contributed by atoms with Gasteiger partial charge in [-0.2, -0.15) is 8.61 Å². The minimum atomic E-state index is -3.94. The summed E-state index contributed by atoms with van der Waals surface area (Å²) in [5.74, 6) is -0.0175. The Morgan fingerprint density at radius 1 is 0.808 bits per heavy atom. The lowest BCUT2D eigenvalue weighted by atomic mass is 9.83. The summed E-state index contributed by atoms with van der Waals surface area (Å²) in [4.78, 5) is 17.9. The fourth-order valence-corrected chi connectivity index (χ4v) is 10.7. The third-order valence-corrected chi connectivity index (χ3v) is 13.6. The number of esters is 1. The van der Waals surface area contributed by atoms with Gasteiger partial charge >= 0.3 is 5.97 Å². The standard InChI is InChI=1S/C35H49N5O8S2.2ClH/c1-7-25(6)32(36)35(41)47-20-48-38-34-28-10-8-26(49(43,44)39-16-21(2)12-22(3)17-39)14-30(28)33(37-42)31-15-27(9-11-29(31)34)50(45,46)40-18-23(4)13-24(5)19-40;;/h8-11,14-15,21-25,32,42H,7,12-13,16-20,36H2,1-6H3;2*1H/t21-,22+,23-,24+,25?,32?;;. The number of hydrogen-bond acceptors (Lipinski definition) is 11. The Balaban J connectivity index is 0.00000364. The van der Waals surface area contributed by atoms with Crippen LogP contribution in [0.3, 0.4) is 0 Å². The molecule has 6 atom stereocenters. The molecule has 2 heterocycles. The zero-order valence-electron chi connectivity index (χ0n) is 30.4. The maximum absolute atomic E-state index is 13.9. The van der Waals surface area contributed by atoms with Crippen LogP contribution in [0.15, 0.2) is 56.5 Å². The number of piperidine rings is 2. The van der Waals surface area contributed by atoms with Gasteiger partial charge < -0.3 is 20.5 Å². The molecule has 2 aromatic carbocycles. The number of sulfonamides is 2. The minimum Gasteiger partial charge on any atom is -0.425 e. The highest BCUT2D eigenvalue weighted by Crippen LogP contribution is 2.35. The number of nitrogens with two attached hydrogens (primary N) is 1. The van der Waals surface area contributed by atoms with Gasteiger partial charge in [-0.25, -0.2) is 16.8 Å². The van der Waals surface area contributed by atoms with Crippen molar-refractivity contribution in [3.63, 3.8) is 0 Å². The molecule has 0 saturated carbocycles. The van der Waals surface area contributed by atoms with Gasteiger partial charge in [0, 0.05) is 48.4 Å². The Morgan fingerprint density at radius 3 is 1.62 bits per heavy atom. The molecule has 17 heteroatoms. The summed E-state index contributed by atoms with van der Waals surface area (Å²) in [5, 5.41) is 18.3. The molecule has 1 aliphatic carbocycles. The van der Waals surface area contributed by atoms with Gasteiger partial charge in [0.05, 0.1) is 9.79 Å². The summed E-state index contributed by atoms with van der Waals surface area (Å²) >= 11 is 0. The van der Waals surface area contributed by atoms with Crippen molar-refractivity contribution in [2.24, 2.45) is 45.6 Å². The Hall–Kier alpha value is -2.79. The van der Waals surface area contributed by atoms with Crippen LogP contribution in [0.4, 0.5) is 0 Å². The Labute approximate surface area is 319 Å². The zero-order valence-corrected chi connectivity index (χ0v) is 33.7. The second kappa shape index (κ2) is 17.6. The summed E-state index contributed by atoms with van der Waals surface area (Å²) in [5.41, 5.74) is 7.35. The summed E-state index contributed by atoms with van der Waals surface area (Å²) < 4.78 is 63.9. The van der Waals surface area contributed by atoms with Crippen molar-refractivity contribution in [3.05, 3.63) is 58.7 Å². The van der Waals surface area contributed by atoms with E-state index in [4.69, 9.17) is 15.3 Å². The van der Waals surface area contributed by atoms with Gasteiger partial charge in [0.15, 0.2) is 0 Å². The third kappa shape index (κ3) is 8.94. The number of hydrogen-bond donors (Lipinski definition) is 2. The molecular weight excluding hydrogens is 753 g/mol. The zero-order chi connectivity index (χ0) is 36.5. The number of fused-ring (bicyclic) bond motifs is 2. The van der Waals surface area contributed by atoms with Crippen LogP contribution in [-0.4, -0.2) is 87.1 Å². The summed E-state index contributed by atoms with van der Waals surface area (Å²) in [6, 6.07) is 8.05. The van der Waals surface area contributed by atoms with Crippen LogP contribution >= 0.6 is 24.8 Å². The molecule has 0 amide bonds. The molecule has 5 rings (SSSR count). The SMILES string of the molecule is CCC(C)C(N)C(=O)OCON=C1c2ccc(S(=O)(=O)N3C[C@H](C)C[C@H](C)C3)cc2C(=NO)c2cc(S(=O)(=O)N3C[C@H](C)C[C@H](C)C3)ccc21.Cl.Cl. The first-order valence-electron chi connectivity index (χ1n) is 17.2. The maximum atomic E-state index is 13.9. The molecule has 52 heavy (non-hydrogen) atoms. The van der Waals surface area contributed by atoms with Crippen LogP contribution in [0.2, 0.25) is 0 Å². The summed E-state index contributed by atoms with van der Waals surface area (Å²) in [6.07, 6.45) is 2.53. The van der Waals surface area contributed by atoms with Gasteiger partial charge in [-0.1, -0.05) is 70.4 Å². The topological polar surface area (TPSA) is 181 Å². The molecule has 2 unspecified atom stereocenters. The van der Waals surface area contributed by atoms with E-state index < -0.39 is 38.9 Å². The van der Waals surface area contributed by atoms with E-state index in [1.165, 1.54) is 32.9 Å². The molecule has 2 aliphatic heterocycles. The van der Waals surface area contributed by atoms with Crippen molar-refractivity contribution in [1.82, 2.24) is 8.61 Å². The molecule has 13 nitrogen and oxygen atoms in total. The molecule has 0 spiro atoms. The lowest BCUT2D eigenvalue weighted by Gasteiger charge is -2.34. The van der Waals surface area contributed by atoms with E-state index in [-0.39, 0.29) is 86.7 Å². The predicted octanol–water partition coefficient (Wildman–Crippen LogP) is 5.05. The van der Waals surface area contributed by atoms with E-state index in [0.29, 0.717) is 43.7 Å². The molecule has 0 bridgehead atoms. The number of halogens is 2. The highest BCUT2D eigenvalue weighted by Gasteiger charge is 2.37. The summed E-state index contributed by atoms with van der Waals surface area (Å²) in [7, 11) is -7.88. The number of nitrogens with zero attached hydrogens (tertiary/aromatic N) is 4. The number of oxime groups is 2. The smallest absolute Gasteiger partial charge is 0.326 e. The van der Waals surface area contributed by atoms with E-state index in [1.54, 1.807) is 12.1 Å². The van der Waals surface area contributed by atoms with Crippen molar-refractivity contribution in [2.45, 2.75) is 76.6 Å². The Kier molecular flexibility index (Phi) is 14.7. The molecule has 0 aromatic heterocycles. The highest BCUT2D eigenvalue weighted by atomic mass is 35.5. The van der Waals surface area contributed by atoms with E-state index in [9.17, 15) is 26.8 Å². The fourth-order valence-electron chi connectivity index (χ4n) is 7.33. The fraction of sp³-hybridized carbons (Fsp3) is 0.571. The van der Waals surface area contributed by atoms with Gasteiger partial charge in [-0.15, -0.1) is 24.8 Å². The van der Waals surface area contributed by atoms with E-state index >= 15 is 0 Å². The Bertz CT molecular complexity index is 1760. The number of carbonyl (C=O) groups excluding carboxylic acids is 1. The molecule has 290 valence electrons. The van der Waals surface area contributed by atoms with Crippen molar-refractivity contribution in [2.75, 3.05) is 33.0 Å². The maximum Gasteiger partial charge on any atom is 0.326 e. The largest absolute Gasteiger partial charge is 0.425 e. The highest BCUT2D eigenvalue weighted by molar-refractivity contribution is 7.89. The van der Waals surface area contributed by atoms with Crippen LogP contribution in [0.5, 0.6) is 0 Å². The van der Waals surface area contributed by atoms with Gasteiger partial charge in [-0.05, 0) is 66.7 Å². The molecule has 2 saturated heterocycles. The molecule has 0 radical (unpaired) electrons. The van der Waals surface area contributed by atoms with Crippen LogP contribution in [-0.2, 0) is 34.4 Å². The molecule has 2 fully saturated rings. The molecular formula is C35H51Cl2N5O8S2. The Morgan fingerprint density at radius 2 is 1.23 bits per heavy atom. The van der Waals surface area contributed by atoms with Crippen molar-refractivity contribution in [3.8, 4) is 0 Å². The van der Waals surface area contributed by atoms with E-state index in [2.05, 4.69) is 10.3 Å². The number of rotatable bonds is 10. The number of benzene rings is 2. The number of carbonyl (C=O) groups is 1. The summed E-state index contributed by atoms with van der Waals surface area (Å²) in [6.45, 7) is 12.8. The van der Waals surface area contributed by atoms with Gasteiger partial charge in [0.1, 0.15) is 17.5 Å². The van der Waals surface area contributed by atoms with Crippen LogP contribution in [0, 0.1) is 29.6 Å². The predicted molar refractivity (Wildman–Crippen MR) is 203 cm³/mol.